The van der Waals surface area contributed by atoms with Crippen molar-refractivity contribution in [2.24, 2.45) is 5.10 Å². The molecule has 0 aliphatic heterocycles. The highest BCUT2D eigenvalue weighted by Gasteiger charge is 2.07. The smallest absolute Gasteiger partial charge is 0.250 e. The van der Waals surface area contributed by atoms with Crippen molar-refractivity contribution in [2.45, 2.75) is 17.9 Å². The molecule has 5 nitrogen and oxygen atoms in total. The van der Waals surface area contributed by atoms with Gasteiger partial charge in [0.25, 0.3) is 5.91 Å². The van der Waals surface area contributed by atoms with Gasteiger partial charge in [0.05, 0.1) is 22.2 Å². The minimum absolute atomic E-state index is 0.168. The quantitative estimate of drug-likeness (QED) is 0.222. The highest BCUT2D eigenvalue weighted by molar-refractivity contribution is 8.01. The van der Waals surface area contributed by atoms with E-state index in [4.69, 9.17) is 4.74 Å². The lowest BCUT2D eigenvalue weighted by atomic mass is 10.2. The molecular formula is C24H21N3O2S2. The third-order valence-electron chi connectivity index (χ3n) is 4.41. The first-order valence-electron chi connectivity index (χ1n) is 9.74. The number of thioether (sulfide) groups is 1. The fraction of sp³-hybridized carbons (Fsp3) is 0.125. The highest BCUT2D eigenvalue weighted by Crippen LogP contribution is 2.29. The number of carbonyl (C=O) groups excluding carboxylic acids is 1. The van der Waals surface area contributed by atoms with Gasteiger partial charge in [0.2, 0.25) is 0 Å². The normalized spacial score (nSPS) is 11.1. The molecule has 4 aromatic rings. The van der Waals surface area contributed by atoms with Gasteiger partial charge in [-0.25, -0.2) is 10.4 Å². The summed E-state index contributed by atoms with van der Waals surface area (Å²) in [5, 5.41) is 4.03. The Morgan fingerprint density at radius 3 is 2.65 bits per heavy atom. The molecule has 0 unspecified atom stereocenters. The number of aryl methyl sites for hydroxylation is 1. The van der Waals surface area contributed by atoms with E-state index < -0.39 is 0 Å². The maximum Gasteiger partial charge on any atom is 0.250 e. The average molecular weight is 448 g/mol. The molecule has 1 aromatic heterocycles. The molecule has 0 saturated heterocycles. The van der Waals surface area contributed by atoms with Gasteiger partial charge in [-0.1, -0.05) is 53.7 Å². The Kier molecular flexibility index (Phi) is 6.96. The number of hydrogen-bond donors (Lipinski definition) is 1. The molecule has 0 fully saturated rings. The second-order valence-corrected chi connectivity index (χ2v) is 9.13. The minimum Gasteiger partial charge on any atom is -0.489 e. The predicted octanol–water partition coefficient (Wildman–Crippen LogP) is 5.43. The number of carbonyl (C=O) groups is 1. The van der Waals surface area contributed by atoms with E-state index in [0.29, 0.717) is 6.61 Å². The van der Waals surface area contributed by atoms with Crippen LogP contribution in [0.4, 0.5) is 0 Å². The van der Waals surface area contributed by atoms with E-state index in [0.717, 1.165) is 31.4 Å². The van der Waals surface area contributed by atoms with Gasteiger partial charge in [-0.2, -0.15) is 5.10 Å². The second kappa shape index (κ2) is 10.2. The van der Waals surface area contributed by atoms with Crippen molar-refractivity contribution in [1.82, 2.24) is 10.4 Å². The first-order valence-corrected chi connectivity index (χ1v) is 11.5. The SMILES string of the molecule is Cc1ccc(COc2ccc(/C=N\NC(=O)CSc3nc4ccccc4s3)cc2)cc1. The Hall–Kier alpha value is -3.16. The first-order chi connectivity index (χ1) is 15.2. The topological polar surface area (TPSA) is 63.6 Å². The molecule has 0 atom stereocenters. The van der Waals surface area contributed by atoms with Crippen molar-refractivity contribution in [3.8, 4) is 5.75 Å². The lowest BCUT2D eigenvalue weighted by molar-refractivity contribution is -0.118. The van der Waals surface area contributed by atoms with Crippen LogP contribution < -0.4 is 10.2 Å². The van der Waals surface area contributed by atoms with Crippen LogP contribution in [-0.2, 0) is 11.4 Å². The summed E-state index contributed by atoms with van der Waals surface area (Å²) < 4.78 is 7.80. The number of ether oxygens (including phenoxy) is 1. The van der Waals surface area contributed by atoms with Crippen LogP contribution in [0.5, 0.6) is 5.75 Å². The second-order valence-electron chi connectivity index (χ2n) is 6.87. The number of hydrazone groups is 1. The van der Waals surface area contributed by atoms with Crippen molar-refractivity contribution in [3.05, 3.63) is 89.5 Å². The Morgan fingerprint density at radius 1 is 1.10 bits per heavy atom. The van der Waals surface area contributed by atoms with E-state index in [1.54, 1.807) is 17.6 Å². The van der Waals surface area contributed by atoms with Crippen molar-refractivity contribution in [2.75, 3.05) is 5.75 Å². The van der Waals surface area contributed by atoms with Crippen LogP contribution in [0.2, 0.25) is 0 Å². The van der Waals surface area contributed by atoms with Gasteiger partial charge in [0, 0.05) is 0 Å². The molecule has 4 rings (SSSR count). The van der Waals surface area contributed by atoms with E-state index in [2.05, 4.69) is 46.7 Å². The summed E-state index contributed by atoms with van der Waals surface area (Å²) in [5.41, 5.74) is 6.75. The molecule has 156 valence electrons. The molecule has 1 amide bonds. The van der Waals surface area contributed by atoms with Gasteiger partial charge in [-0.05, 0) is 54.4 Å². The first kappa shape index (κ1) is 21.1. The van der Waals surface area contributed by atoms with Crippen LogP contribution >= 0.6 is 23.1 Å². The Bertz CT molecular complexity index is 1150. The van der Waals surface area contributed by atoms with Crippen molar-refractivity contribution in [1.29, 1.82) is 0 Å². The lowest BCUT2D eigenvalue weighted by Gasteiger charge is -2.06. The Morgan fingerprint density at radius 2 is 1.87 bits per heavy atom. The summed E-state index contributed by atoms with van der Waals surface area (Å²) in [6, 6.07) is 23.8. The summed E-state index contributed by atoms with van der Waals surface area (Å²) in [6.07, 6.45) is 1.62. The minimum atomic E-state index is -0.168. The lowest BCUT2D eigenvalue weighted by Crippen LogP contribution is -2.19. The fourth-order valence-electron chi connectivity index (χ4n) is 2.75. The van der Waals surface area contributed by atoms with Crippen molar-refractivity contribution < 1.29 is 9.53 Å². The number of amides is 1. The third kappa shape index (κ3) is 6.16. The van der Waals surface area contributed by atoms with Crippen LogP contribution in [0.3, 0.4) is 0 Å². The zero-order valence-electron chi connectivity index (χ0n) is 16.9. The van der Waals surface area contributed by atoms with Crippen molar-refractivity contribution in [3.63, 3.8) is 0 Å². The van der Waals surface area contributed by atoms with E-state index in [1.807, 2.05) is 48.5 Å². The maximum absolute atomic E-state index is 12.0. The molecule has 7 heteroatoms. The molecule has 0 saturated carbocycles. The van der Waals surface area contributed by atoms with Gasteiger partial charge >= 0.3 is 0 Å². The molecule has 0 spiro atoms. The van der Waals surface area contributed by atoms with Gasteiger partial charge in [0.1, 0.15) is 12.4 Å². The summed E-state index contributed by atoms with van der Waals surface area (Å²) >= 11 is 3.00. The van der Waals surface area contributed by atoms with Crippen LogP contribution in [0.1, 0.15) is 16.7 Å². The van der Waals surface area contributed by atoms with Gasteiger partial charge in [0.15, 0.2) is 4.34 Å². The Labute approximate surface area is 189 Å². The standard InChI is InChI=1S/C24H21N3O2S2/c1-17-6-8-19(9-7-17)15-29-20-12-10-18(11-13-20)14-25-27-23(28)16-30-24-26-21-4-2-3-5-22(21)31-24/h2-14H,15-16H2,1H3,(H,27,28)/b25-14-. The van der Waals surface area contributed by atoms with E-state index in [1.165, 1.54) is 17.3 Å². The summed E-state index contributed by atoms with van der Waals surface area (Å²) in [7, 11) is 0. The monoisotopic (exact) mass is 447 g/mol. The molecule has 0 aliphatic carbocycles. The van der Waals surface area contributed by atoms with E-state index in [-0.39, 0.29) is 11.7 Å². The largest absolute Gasteiger partial charge is 0.489 e. The maximum atomic E-state index is 12.0. The number of fused-ring (bicyclic) bond motifs is 1. The molecule has 0 bridgehead atoms. The molecule has 1 N–H and O–H groups in total. The van der Waals surface area contributed by atoms with Crippen LogP contribution in [-0.4, -0.2) is 22.9 Å². The zero-order chi connectivity index (χ0) is 21.5. The summed E-state index contributed by atoms with van der Waals surface area (Å²) in [5.74, 6) is 0.885. The zero-order valence-corrected chi connectivity index (χ0v) is 18.6. The number of nitrogens with one attached hydrogen (secondary N) is 1. The molecule has 0 radical (unpaired) electrons. The van der Waals surface area contributed by atoms with Crippen LogP contribution in [0, 0.1) is 6.92 Å². The predicted molar refractivity (Wildman–Crippen MR) is 128 cm³/mol. The number of aromatic nitrogens is 1. The number of benzene rings is 3. The third-order valence-corrected chi connectivity index (χ3v) is 6.59. The van der Waals surface area contributed by atoms with Gasteiger partial charge in [-0.3, -0.25) is 4.79 Å². The number of rotatable bonds is 8. The number of hydrogen-bond acceptors (Lipinski definition) is 6. The summed E-state index contributed by atoms with van der Waals surface area (Å²) in [6.45, 7) is 2.59. The molecule has 1 heterocycles. The number of thiazole rings is 1. The molecule has 3 aromatic carbocycles. The molecule has 31 heavy (non-hydrogen) atoms. The summed E-state index contributed by atoms with van der Waals surface area (Å²) in [4.78, 5) is 16.5. The van der Waals surface area contributed by atoms with Gasteiger partial charge < -0.3 is 4.74 Å². The number of nitrogens with zero attached hydrogens (tertiary/aromatic N) is 2. The van der Waals surface area contributed by atoms with Crippen LogP contribution in [0.25, 0.3) is 10.2 Å². The van der Waals surface area contributed by atoms with E-state index in [9.17, 15) is 4.79 Å². The fourth-order valence-corrected chi connectivity index (χ4v) is 4.61. The highest BCUT2D eigenvalue weighted by atomic mass is 32.2. The molecule has 0 aliphatic rings. The Balaban J connectivity index is 1.21. The van der Waals surface area contributed by atoms with Crippen molar-refractivity contribution >= 4 is 45.4 Å². The number of para-hydroxylation sites is 1. The molecular weight excluding hydrogens is 426 g/mol. The average Bonchev–Trinajstić information content (AvgIpc) is 3.21. The van der Waals surface area contributed by atoms with Gasteiger partial charge in [-0.15, -0.1) is 11.3 Å². The van der Waals surface area contributed by atoms with Crippen LogP contribution in [0.15, 0.2) is 82.2 Å². The van der Waals surface area contributed by atoms with E-state index >= 15 is 0 Å².